The number of rotatable bonds is 9. The Bertz CT molecular complexity index is 1120. The molecular weight excluding hydrogens is 520 g/mol. The Kier molecular flexibility index (Phi) is 8.10. The van der Waals surface area contributed by atoms with Gasteiger partial charge in [0, 0.05) is 38.0 Å². The van der Waals surface area contributed by atoms with E-state index in [9.17, 15) is 39.0 Å². The van der Waals surface area contributed by atoms with Gasteiger partial charge in [0.15, 0.2) is 5.76 Å². The monoisotopic (exact) mass is 544 g/mol. The maximum Gasteiger partial charge on any atom is 0.287 e. The highest BCUT2D eigenvalue weighted by molar-refractivity contribution is 7.12. The Morgan fingerprint density at radius 3 is 1.84 bits per heavy atom. The lowest BCUT2D eigenvalue weighted by atomic mass is 10.1. The number of nitrogens with one attached hydrogen (secondary N) is 2. The Labute approximate surface area is 220 Å². The van der Waals surface area contributed by atoms with Crippen LogP contribution in [0.5, 0.6) is 0 Å². The molecule has 2 saturated heterocycles. The van der Waals surface area contributed by atoms with Crippen LogP contribution in [0.2, 0.25) is 0 Å². The predicted octanol–water partition coefficient (Wildman–Crippen LogP) is -2.28. The third kappa shape index (κ3) is 6.02. The molecule has 0 aliphatic carbocycles. The van der Waals surface area contributed by atoms with Crippen molar-refractivity contribution in [2.75, 3.05) is 13.1 Å². The number of amides is 4. The number of furan rings is 1. The van der Waals surface area contributed by atoms with Gasteiger partial charge in [-0.1, -0.05) is 6.07 Å². The third-order valence-corrected chi connectivity index (χ3v) is 7.37. The molecule has 2 fully saturated rings. The topological polar surface area (TPSA) is 192 Å². The quantitative estimate of drug-likeness (QED) is 0.350. The summed E-state index contributed by atoms with van der Waals surface area (Å²) < 4.78 is 5.01. The average molecular weight is 545 g/mol. The number of nitrogens with zero attached hydrogens (tertiary/aromatic N) is 2. The molecule has 4 atom stereocenters. The Balaban J connectivity index is 1.33. The Hall–Kier alpha value is -4.20. The maximum atomic E-state index is 12.9. The molecule has 2 aliphatic heterocycles. The number of hydrogen-bond acceptors (Lipinski definition) is 10. The fraction of sp³-hybridized carbons (Fsp3) is 0.417. The number of hydrogen-bond donors (Lipinski definition) is 2. The largest absolute Gasteiger partial charge is 0.548 e. The zero-order chi connectivity index (χ0) is 27.4. The standard InChI is InChI=1S/C24H26N4O9S/c29-19(27-11-13(9-15(27)23(33)34)25-21(31)17-3-1-7-37-17)5-6-20(30)28-12-14(10-16(28)24(35)36)26-22(32)18-4-2-8-38-18/h1-4,7-8,13-16H,5-6,9-12H2,(H,25,31)(H,26,32)(H,33,34)(H,35,36)/p-2/t13-,14-,15-,16-/m0/s1. The minimum Gasteiger partial charge on any atom is -0.548 e. The summed E-state index contributed by atoms with van der Waals surface area (Å²) in [6.07, 6.45) is 0.414. The molecule has 4 amide bonds. The van der Waals surface area contributed by atoms with Crippen molar-refractivity contribution in [3.8, 4) is 0 Å². The van der Waals surface area contributed by atoms with Crippen molar-refractivity contribution in [3.05, 3.63) is 46.5 Å². The van der Waals surface area contributed by atoms with E-state index in [0.717, 1.165) is 9.80 Å². The zero-order valence-electron chi connectivity index (χ0n) is 20.0. The summed E-state index contributed by atoms with van der Waals surface area (Å²) in [6, 6.07) is 2.39. The van der Waals surface area contributed by atoms with E-state index in [0.29, 0.717) is 4.88 Å². The molecule has 2 aromatic rings. The van der Waals surface area contributed by atoms with E-state index in [2.05, 4.69) is 10.6 Å². The van der Waals surface area contributed by atoms with Gasteiger partial charge in [0.05, 0.1) is 35.2 Å². The van der Waals surface area contributed by atoms with E-state index in [1.807, 2.05) is 0 Å². The summed E-state index contributed by atoms with van der Waals surface area (Å²) >= 11 is 1.22. The van der Waals surface area contributed by atoms with Gasteiger partial charge >= 0.3 is 0 Å². The lowest BCUT2D eigenvalue weighted by Gasteiger charge is -2.27. The molecule has 0 aromatic carbocycles. The highest BCUT2D eigenvalue weighted by atomic mass is 32.1. The van der Waals surface area contributed by atoms with Crippen LogP contribution in [0.4, 0.5) is 0 Å². The molecule has 0 spiro atoms. The lowest BCUT2D eigenvalue weighted by Crippen LogP contribution is -2.48. The zero-order valence-corrected chi connectivity index (χ0v) is 20.8. The molecule has 0 radical (unpaired) electrons. The van der Waals surface area contributed by atoms with Crippen LogP contribution in [0, 0.1) is 0 Å². The van der Waals surface area contributed by atoms with Gasteiger partial charge in [-0.15, -0.1) is 11.3 Å². The second-order valence-corrected chi connectivity index (χ2v) is 9.98. The van der Waals surface area contributed by atoms with Crippen LogP contribution in [-0.2, 0) is 19.2 Å². The van der Waals surface area contributed by atoms with Gasteiger partial charge in [0.25, 0.3) is 11.8 Å². The van der Waals surface area contributed by atoms with Gasteiger partial charge in [0.1, 0.15) is 0 Å². The van der Waals surface area contributed by atoms with Crippen molar-refractivity contribution in [3.63, 3.8) is 0 Å². The van der Waals surface area contributed by atoms with E-state index in [1.165, 1.54) is 29.7 Å². The molecule has 38 heavy (non-hydrogen) atoms. The average Bonchev–Trinajstić information content (AvgIpc) is 3.67. The number of likely N-dealkylation sites (tertiary alicyclic amines) is 2. The minimum absolute atomic E-state index is 0.0309. The molecule has 0 saturated carbocycles. The summed E-state index contributed by atoms with van der Waals surface area (Å²) in [4.78, 5) is 76.0. The molecule has 202 valence electrons. The first-order chi connectivity index (χ1) is 18.1. The highest BCUT2D eigenvalue weighted by Gasteiger charge is 2.39. The second kappa shape index (κ2) is 11.5. The van der Waals surface area contributed by atoms with Crippen LogP contribution in [0.15, 0.2) is 40.3 Å². The molecule has 0 unspecified atom stereocenters. The number of carbonyl (C=O) groups is 6. The SMILES string of the molecule is O=C(N[C@H]1C[C@@H](C(=O)[O-])N(C(=O)CCC(=O)N2C[C@@H](NC(=O)c3cccs3)C[C@H]2C(=O)[O-])C1)c1ccco1. The minimum atomic E-state index is -1.50. The van der Waals surface area contributed by atoms with Crippen LogP contribution < -0.4 is 20.8 Å². The first-order valence-corrected chi connectivity index (χ1v) is 12.7. The van der Waals surface area contributed by atoms with Crippen LogP contribution in [0.25, 0.3) is 0 Å². The van der Waals surface area contributed by atoms with Crippen LogP contribution in [-0.4, -0.2) is 82.6 Å². The summed E-state index contributed by atoms with van der Waals surface area (Å²) in [7, 11) is 0. The summed E-state index contributed by atoms with van der Waals surface area (Å²) in [6.45, 7) is -0.185. The van der Waals surface area contributed by atoms with Crippen LogP contribution in [0.1, 0.15) is 45.9 Å². The van der Waals surface area contributed by atoms with E-state index >= 15 is 0 Å². The molecule has 2 aliphatic rings. The van der Waals surface area contributed by atoms with Crippen molar-refractivity contribution < 1.29 is 43.4 Å². The number of aliphatic carboxylic acids is 2. The van der Waals surface area contributed by atoms with E-state index < -0.39 is 53.8 Å². The highest BCUT2D eigenvalue weighted by Crippen LogP contribution is 2.23. The molecule has 2 N–H and O–H groups in total. The molecule has 13 nitrogen and oxygen atoms in total. The molecule has 4 heterocycles. The third-order valence-electron chi connectivity index (χ3n) is 6.50. The Morgan fingerprint density at radius 1 is 0.842 bits per heavy atom. The number of carboxylic acid groups (broad SMARTS) is 2. The smallest absolute Gasteiger partial charge is 0.287 e. The van der Waals surface area contributed by atoms with Gasteiger partial charge in [-0.2, -0.15) is 0 Å². The van der Waals surface area contributed by atoms with Crippen molar-refractivity contribution in [2.45, 2.75) is 49.9 Å². The number of carboxylic acids is 2. The first kappa shape index (κ1) is 26.9. The molecule has 4 rings (SSSR count). The van der Waals surface area contributed by atoms with Gasteiger partial charge in [-0.05, 0) is 36.4 Å². The van der Waals surface area contributed by atoms with Crippen LogP contribution >= 0.6 is 11.3 Å². The number of carbonyl (C=O) groups excluding carboxylic acids is 6. The van der Waals surface area contributed by atoms with Crippen molar-refractivity contribution in [2.24, 2.45) is 0 Å². The normalized spacial score (nSPS) is 22.7. The van der Waals surface area contributed by atoms with E-state index in [4.69, 9.17) is 4.42 Å². The fourth-order valence-corrected chi connectivity index (χ4v) is 5.34. The van der Waals surface area contributed by atoms with E-state index in [1.54, 1.807) is 17.5 Å². The fourth-order valence-electron chi connectivity index (χ4n) is 4.71. The lowest BCUT2D eigenvalue weighted by molar-refractivity contribution is -0.311. The predicted molar refractivity (Wildman–Crippen MR) is 125 cm³/mol. The molecule has 0 bridgehead atoms. The molecule has 2 aromatic heterocycles. The van der Waals surface area contributed by atoms with Gasteiger partial charge < -0.3 is 44.7 Å². The van der Waals surface area contributed by atoms with Gasteiger partial charge in [-0.3, -0.25) is 19.2 Å². The number of thiophene rings is 1. The summed E-state index contributed by atoms with van der Waals surface area (Å²) in [5.41, 5.74) is 0. The first-order valence-electron chi connectivity index (χ1n) is 11.8. The van der Waals surface area contributed by atoms with Crippen LogP contribution in [0.3, 0.4) is 0 Å². The second-order valence-electron chi connectivity index (χ2n) is 9.03. The maximum absolute atomic E-state index is 12.9. The van der Waals surface area contributed by atoms with Gasteiger partial charge in [-0.25, -0.2) is 0 Å². The Morgan fingerprint density at radius 2 is 1.39 bits per heavy atom. The molecule has 14 heteroatoms. The van der Waals surface area contributed by atoms with Crippen molar-refractivity contribution in [1.29, 1.82) is 0 Å². The van der Waals surface area contributed by atoms with Crippen molar-refractivity contribution in [1.82, 2.24) is 20.4 Å². The van der Waals surface area contributed by atoms with Crippen molar-refractivity contribution >= 4 is 46.9 Å². The molecular formula is C24H24N4O9S-2. The van der Waals surface area contributed by atoms with E-state index in [-0.39, 0.29) is 50.4 Å². The van der Waals surface area contributed by atoms with Gasteiger partial charge in [0.2, 0.25) is 11.8 Å². The summed E-state index contributed by atoms with van der Waals surface area (Å²) in [5.74, 6) is -5.21. The summed E-state index contributed by atoms with van der Waals surface area (Å²) in [5, 5.41) is 30.3.